The molecular weight excluding hydrogens is 321 g/mol. The van der Waals surface area contributed by atoms with Crippen LogP contribution in [0.25, 0.3) is 0 Å². The highest BCUT2D eigenvalue weighted by atomic mass is 35.5. The third-order valence-corrected chi connectivity index (χ3v) is 4.44. The number of benzene rings is 1. The molecule has 7 heteroatoms. The quantitative estimate of drug-likeness (QED) is 0.792. The van der Waals surface area contributed by atoms with Crippen LogP contribution in [-0.2, 0) is 9.59 Å². The number of aliphatic carboxylic acids is 1. The summed E-state index contributed by atoms with van der Waals surface area (Å²) in [5.41, 5.74) is 0.458. The Balaban J connectivity index is 2.44. The lowest BCUT2D eigenvalue weighted by molar-refractivity contribution is -0.136. The summed E-state index contributed by atoms with van der Waals surface area (Å²) in [4.78, 5) is 22.6. The Morgan fingerprint density at radius 3 is 2.70 bits per heavy atom. The zero-order chi connectivity index (χ0) is 15.1. The summed E-state index contributed by atoms with van der Waals surface area (Å²) >= 11 is 13.0. The molecule has 1 unspecified atom stereocenters. The summed E-state index contributed by atoms with van der Waals surface area (Å²) in [6, 6.07) is 4.81. The molecule has 0 fully saturated rings. The minimum Gasteiger partial charge on any atom is -0.480 e. The molecule has 0 spiro atoms. The van der Waals surface area contributed by atoms with Crippen LogP contribution in [0.5, 0.6) is 0 Å². The molecule has 1 amide bonds. The monoisotopic (exact) mass is 335 g/mol. The van der Waals surface area contributed by atoms with Gasteiger partial charge in [0.15, 0.2) is 0 Å². The topological polar surface area (TPSA) is 66.4 Å². The molecule has 1 rings (SSSR count). The van der Waals surface area contributed by atoms with E-state index in [1.165, 1.54) is 11.8 Å². The second kappa shape index (κ2) is 8.39. The van der Waals surface area contributed by atoms with Gasteiger partial charge in [-0.3, -0.25) is 9.59 Å². The summed E-state index contributed by atoms with van der Waals surface area (Å²) in [6.07, 6.45) is 0.749. The van der Waals surface area contributed by atoms with Crippen molar-refractivity contribution in [3.8, 4) is 0 Å². The second-order valence-electron chi connectivity index (χ2n) is 4.03. The van der Waals surface area contributed by atoms with Gasteiger partial charge in [-0.1, -0.05) is 30.1 Å². The first-order valence-corrected chi connectivity index (χ1v) is 7.83. The molecule has 0 heterocycles. The number of hydrogen-bond acceptors (Lipinski definition) is 3. The van der Waals surface area contributed by atoms with E-state index in [1.54, 1.807) is 25.1 Å². The number of halogens is 2. The number of carboxylic acids is 1. The number of hydrogen-bond donors (Lipinski definition) is 2. The highest BCUT2D eigenvalue weighted by Crippen LogP contribution is 2.25. The number of carbonyl (C=O) groups is 2. The third-order valence-electron chi connectivity index (χ3n) is 2.50. The first kappa shape index (κ1) is 17.1. The van der Waals surface area contributed by atoms with Crippen LogP contribution < -0.4 is 5.32 Å². The van der Waals surface area contributed by atoms with E-state index in [2.05, 4.69) is 5.32 Å². The van der Waals surface area contributed by atoms with Crippen LogP contribution in [-0.4, -0.2) is 28.0 Å². The Hall–Kier alpha value is -0.910. The minimum atomic E-state index is -0.851. The van der Waals surface area contributed by atoms with Gasteiger partial charge in [0.05, 0.1) is 10.7 Å². The first-order valence-electron chi connectivity index (χ1n) is 6.03. The number of nitrogens with one attached hydrogen (secondary N) is 1. The van der Waals surface area contributed by atoms with Crippen LogP contribution in [0.15, 0.2) is 18.2 Å². The van der Waals surface area contributed by atoms with Crippen molar-refractivity contribution in [3.63, 3.8) is 0 Å². The Kier molecular flexibility index (Phi) is 7.19. The van der Waals surface area contributed by atoms with Crippen LogP contribution in [0.1, 0.15) is 19.8 Å². The fourth-order valence-electron chi connectivity index (χ4n) is 1.46. The Morgan fingerprint density at radius 1 is 1.40 bits per heavy atom. The van der Waals surface area contributed by atoms with E-state index in [0.717, 1.165) is 0 Å². The number of carbonyl (C=O) groups excluding carboxylic acids is 1. The molecule has 1 atom stereocenters. The first-order chi connectivity index (χ1) is 9.43. The van der Waals surface area contributed by atoms with Gasteiger partial charge < -0.3 is 10.4 Å². The zero-order valence-electron chi connectivity index (χ0n) is 10.9. The molecule has 0 aliphatic rings. The number of rotatable bonds is 7. The molecule has 0 radical (unpaired) electrons. The molecule has 110 valence electrons. The van der Waals surface area contributed by atoms with Crippen molar-refractivity contribution in [2.24, 2.45) is 0 Å². The Labute approximate surface area is 131 Å². The predicted molar refractivity (Wildman–Crippen MR) is 83.9 cm³/mol. The van der Waals surface area contributed by atoms with Crippen LogP contribution in [0.2, 0.25) is 10.0 Å². The molecule has 0 bridgehead atoms. The van der Waals surface area contributed by atoms with Gasteiger partial charge in [-0.25, -0.2) is 0 Å². The summed E-state index contributed by atoms with van der Waals surface area (Å²) in [5.74, 6) is -0.632. The van der Waals surface area contributed by atoms with Crippen LogP contribution in [0, 0.1) is 0 Å². The van der Waals surface area contributed by atoms with Gasteiger partial charge in [0, 0.05) is 17.2 Å². The number of anilines is 1. The normalized spacial score (nSPS) is 11.9. The molecule has 20 heavy (non-hydrogen) atoms. The molecular formula is C13H15Cl2NO3S. The van der Waals surface area contributed by atoms with E-state index in [-0.39, 0.29) is 12.3 Å². The van der Waals surface area contributed by atoms with E-state index in [9.17, 15) is 9.59 Å². The van der Waals surface area contributed by atoms with Gasteiger partial charge in [0.25, 0.3) is 0 Å². The second-order valence-corrected chi connectivity index (χ2v) is 6.18. The molecule has 0 aliphatic heterocycles. The lowest BCUT2D eigenvalue weighted by Gasteiger charge is -2.10. The van der Waals surface area contributed by atoms with Crippen molar-refractivity contribution in [1.29, 1.82) is 0 Å². The third kappa shape index (κ3) is 5.61. The van der Waals surface area contributed by atoms with Crippen molar-refractivity contribution in [3.05, 3.63) is 28.2 Å². The van der Waals surface area contributed by atoms with Gasteiger partial charge in [-0.2, -0.15) is 0 Å². The zero-order valence-corrected chi connectivity index (χ0v) is 13.2. The molecule has 2 N–H and O–H groups in total. The van der Waals surface area contributed by atoms with Crippen molar-refractivity contribution in [2.75, 3.05) is 11.1 Å². The molecule has 0 aromatic heterocycles. The van der Waals surface area contributed by atoms with E-state index in [0.29, 0.717) is 27.9 Å². The van der Waals surface area contributed by atoms with Gasteiger partial charge in [-0.05, 0) is 24.6 Å². The average molecular weight is 336 g/mol. The number of thioether (sulfide) groups is 1. The maximum absolute atomic E-state index is 11.7. The average Bonchev–Trinajstić information content (AvgIpc) is 2.38. The minimum absolute atomic E-state index is 0.220. The lowest BCUT2D eigenvalue weighted by Crippen LogP contribution is -2.18. The molecule has 4 nitrogen and oxygen atoms in total. The van der Waals surface area contributed by atoms with Gasteiger partial charge in [-0.15, -0.1) is 11.8 Å². The van der Waals surface area contributed by atoms with Gasteiger partial charge in [0.1, 0.15) is 5.25 Å². The smallest absolute Gasteiger partial charge is 0.316 e. The van der Waals surface area contributed by atoms with Gasteiger partial charge >= 0.3 is 5.97 Å². The summed E-state index contributed by atoms with van der Waals surface area (Å²) < 4.78 is 0. The fourth-order valence-corrected chi connectivity index (χ4v) is 2.77. The highest BCUT2D eigenvalue weighted by Gasteiger charge is 2.16. The number of amides is 1. The standard InChI is InChI=1S/C13H15Cl2NO3S/c1-2-11(13(18)19)20-6-5-12(17)16-10-7-8(14)3-4-9(10)15/h3-4,7,11H,2,5-6H2,1H3,(H,16,17)(H,18,19). The van der Waals surface area contributed by atoms with Crippen molar-refractivity contribution in [1.82, 2.24) is 0 Å². The maximum atomic E-state index is 11.7. The van der Waals surface area contributed by atoms with E-state index >= 15 is 0 Å². The van der Waals surface area contributed by atoms with Crippen LogP contribution in [0.4, 0.5) is 5.69 Å². The predicted octanol–water partition coefficient (Wildman–Crippen LogP) is 3.92. The molecule has 1 aromatic rings. The van der Waals surface area contributed by atoms with E-state index in [4.69, 9.17) is 28.3 Å². The molecule has 0 saturated heterocycles. The fraction of sp³-hybridized carbons (Fsp3) is 0.385. The molecule has 0 aliphatic carbocycles. The summed E-state index contributed by atoms with van der Waals surface area (Å²) in [7, 11) is 0. The highest BCUT2D eigenvalue weighted by molar-refractivity contribution is 8.00. The van der Waals surface area contributed by atoms with E-state index < -0.39 is 11.2 Å². The maximum Gasteiger partial charge on any atom is 0.316 e. The molecule has 0 saturated carbocycles. The summed E-state index contributed by atoms with van der Waals surface area (Å²) in [5, 5.41) is 12.0. The lowest BCUT2D eigenvalue weighted by atomic mass is 10.3. The van der Waals surface area contributed by atoms with Crippen molar-refractivity contribution >= 4 is 52.5 Å². The Bertz CT molecular complexity index is 497. The molecule has 1 aromatic carbocycles. The van der Waals surface area contributed by atoms with Crippen LogP contribution >= 0.6 is 35.0 Å². The van der Waals surface area contributed by atoms with Gasteiger partial charge in [0.2, 0.25) is 5.91 Å². The van der Waals surface area contributed by atoms with Crippen molar-refractivity contribution < 1.29 is 14.7 Å². The summed E-state index contributed by atoms with van der Waals surface area (Å²) in [6.45, 7) is 1.80. The SMILES string of the molecule is CCC(SCCC(=O)Nc1cc(Cl)ccc1Cl)C(=O)O. The largest absolute Gasteiger partial charge is 0.480 e. The van der Waals surface area contributed by atoms with E-state index in [1.807, 2.05) is 0 Å². The Morgan fingerprint density at radius 2 is 2.10 bits per heavy atom. The van der Waals surface area contributed by atoms with Crippen molar-refractivity contribution in [2.45, 2.75) is 25.0 Å². The van der Waals surface area contributed by atoms with Crippen LogP contribution in [0.3, 0.4) is 0 Å². The number of carboxylic acid groups (broad SMARTS) is 1.